The highest BCUT2D eigenvalue weighted by atomic mass is 16.1. The molecule has 1 rings (SSSR count). The lowest BCUT2D eigenvalue weighted by Crippen LogP contribution is -2.05. The van der Waals surface area contributed by atoms with Gasteiger partial charge in [-0.3, -0.25) is 4.79 Å². The van der Waals surface area contributed by atoms with Crippen LogP contribution in [0.15, 0.2) is 24.3 Å². The molecular formula is C11H13NO. The number of primary amides is 1. The van der Waals surface area contributed by atoms with Crippen molar-refractivity contribution in [2.45, 2.75) is 13.8 Å². The smallest absolute Gasteiger partial charge is 0.241 e. The molecule has 13 heavy (non-hydrogen) atoms. The van der Waals surface area contributed by atoms with Gasteiger partial charge in [0.05, 0.1) is 0 Å². The summed E-state index contributed by atoms with van der Waals surface area (Å²) in [4.78, 5) is 10.5. The second-order valence-electron chi connectivity index (χ2n) is 3.08. The van der Waals surface area contributed by atoms with Crippen molar-refractivity contribution in [3.8, 4) is 0 Å². The van der Waals surface area contributed by atoms with Gasteiger partial charge in [0.1, 0.15) is 0 Å². The normalized spacial score (nSPS) is 10.6. The Morgan fingerprint density at radius 1 is 1.31 bits per heavy atom. The van der Waals surface area contributed by atoms with Crippen molar-refractivity contribution in [2.24, 2.45) is 5.73 Å². The summed E-state index contributed by atoms with van der Waals surface area (Å²) in [6.45, 7) is 4.09. The third kappa shape index (κ3) is 2.75. The predicted octanol–water partition coefficient (Wildman–Crippen LogP) is 1.80. The molecule has 0 bridgehead atoms. The lowest BCUT2D eigenvalue weighted by molar-refractivity contribution is -0.113. The number of carbonyl (C=O) groups excluding carboxylic acids is 1. The van der Waals surface area contributed by atoms with Gasteiger partial charge in [-0.25, -0.2) is 0 Å². The van der Waals surface area contributed by atoms with Crippen LogP contribution in [0.5, 0.6) is 0 Å². The van der Waals surface area contributed by atoms with Crippen LogP contribution in [-0.2, 0) is 4.79 Å². The van der Waals surface area contributed by atoms with Gasteiger partial charge in [-0.05, 0) is 36.6 Å². The molecule has 0 aromatic heterocycles. The largest absolute Gasteiger partial charge is 0.366 e. The van der Waals surface area contributed by atoms with Crippen LogP contribution < -0.4 is 5.73 Å². The van der Waals surface area contributed by atoms with E-state index in [4.69, 9.17) is 5.73 Å². The molecule has 0 saturated heterocycles. The summed E-state index contributed by atoms with van der Waals surface area (Å²) >= 11 is 0. The molecule has 2 N–H and O–H groups in total. The standard InChI is InChI=1S/C11H13NO/c1-8-3-4-10(7-9(8)2)5-6-11(12)13/h3-7H,1-2H3,(H2,12,13). The first-order valence-corrected chi connectivity index (χ1v) is 4.14. The molecular weight excluding hydrogens is 162 g/mol. The van der Waals surface area contributed by atoms with Gasteiger partial charge < -0.3 is 5.73 Å². The van der Waals surface area contributed by atoms with Gasteiger partial charge >= 0.3 is 0 Å². The van der Waals surface area contributed by atoms with Crippen molar-refractivity contribution >= 4 is 12.0 Å². The van der Waals surface area contributed by atoms with Gasteiger partial charge in [0.15, 0.2) is 0 Å². The minimum Gasteiger partial charge on any atom is -0.366 e. The number of aryl methyl sites for hydroxylation is 2. The molecule has 0 aliphatic rings. The summed E-state index contributed by atoms with van der Waals surface area (Å²) in [6.07, 6.45) is 3.08. The first-order chi connectivity index (χ1) is 6.09. The Labute approximate surface area is 78.1 Å². The van der Waals surface area contributed by atoms with E-state index >= 15 is 0 Å². The Kier molecular flexibility index (Phi) is 2.85. The van der Waals surface area contributed by atoms with E-state index in [0.717, 1.165) is 5.56 Å². The van der Waals surface area contributed by atoms with Crippen LogP contribution in [0.4, 0.5) is 0 Å². The highest BCUT2D eigenvalue weighted by Crippen LogP contribution is 2.10. The van der Waals surface area contributed by atoms with Gasteiger partial charge in [0.2, 0.25) is 5.91 Å². The van der Waals surface area contributed by atoms with E-state index in [2.05, 4.69) is 6.92 Å². The Morgan fingerprint density at radius 3 is 2.54 bits per heavy atom. The average Bonchev–Trinajstić information content (AvgIpc) is 2.07. The molecule has 0 radical (unpaired) electrons. The summed E-state index contributed by atoms with van der Waals surface area (Å²) in [7, 11) is 0. The fourth-order valence-electron chi connectivity index (χ4n) is 1.05. The van der Waals surface area contributed by atoms with Gasteiger partial charge in [-0.1, -0.05) is 18.2 Å². The maximum atomic E-state index is 10.5. The Hall–Kier alpha value is -1.57. The summed E-state index contributed by atoms with van der Waals surface area (Å²) < 4.78 is 0. The predicted molar refractivity (Wildman–Crippen MR) is 54.1 cm³/mol. The van der Waals surface area contributed by atoms with Crippen molar-refractivity contribution in [3.05, 3.63) is 41.0 Å². The number of carbonyl (C=O) groups is 1. The zero-order valence-corrected chi connectivity index (χ0v) is 7.87. The van der Waals surface area contributed by atoms with Crippen molar-refractivity contribution in [2.75, 3.05) is 0 Å². The second kappa shape index (κ2) is 3.90. The fourth-order valence-corrected chi connectivity index (χ4v) is 1.05. The molecule has 0 atom stereocenters. The minimum absolute atomic E-state index is 0.418. The van der Waals surface area contributed by atoms with Crippen LogP contribution in [0, 0.1) is 13.8 Å². The first kappa shape index (κ1) is 9.52. The van der Waals surface area contributed by atoms with E-state index < -0.39 is 5.91 Å². The molecule has 68 valence electrons. The third-order valence-corrected chi connectivity index (χ3v) is 1.97. The lowest BCUT2D eigenvalue weighted by Gasteiger charge is -1.99. The molecule has 0 saturated carbocycles. The van der Waals surface area contributed by atoms with Crippen molar-refractivity contribution in [1.29, 1.82) is 0 Å². The molecule has 2 nitrogen and oxygen atoms in total. The summed E-state index contributed by atoms with van der Waals surface area (Å²) in [5.74, 6) is -0.418. The minimum atomic E-state index is -0.418. The lowest BCUT2D eigenvalue weighted by atomic mass is 10.1. The molecule has 1 aromatic carbocycles. The number of benzene rings is 1. The monoisotopic (exact) mass is 175 g/mol. The zero-order valence-electron chi connectivity index (χ0n) is 7.87. The van der Waals surface area contributed by atoms with Gasteiger partial charge in [-0.15, -0.1) is 0 Å². The topological polar surface area (TPSA) is 43.1 Å². The quantitative estimate of drug-likeness (QED) is 0.684. The van der Waals surface area contributed by atoms with E-state index in [1.165, 1.54) is 17.2 Å². The molecule has 0 spiro atoms. The third-order valence-electron chi connectivity index (χ3n) is 1.97. The Bertz CT molecular complexity index is 353. The number of nitrogens with two attached hydrogens (primary N) is 1. The highest BCUT2D eigenvalue weighted by molar-refractivity contribution is 5.90. The van der Waals surface area contributed by atoms with Crippen LogP contribution in [0.25, 0.3) is 6.08 Å². The fraction of sp³-hybridized carbons (Fsp3) is 0.182. The number of rotatable bonds is 2. The number of amides is 1. The average molecular weight is 175 g/mol. The van der Waals surface area contributed by atoms with Crippen LogP contribution in [0.2, 0.25) is 0 Å². The zero-order chi connectivity index (χ0) is 9.84. The number of hydrogen-bond donors (Lipinski definition) is 1. The van der Waals surface area contributed by atoms with E-state index in [1.54, 1.807) is 6.08 Å². The SMILES string of the molecule is Cc1ccc(C=CC(N)=O)cc1C. The Balaban J connectivity index is 2.92. The van der Waals surface area contributed by atoms with Crippen molar-refractivity contribution in [1.82, 2.24) is 0 Å². The maximum Gasteiger partial charge on any atom is 0.241 e. The van der Waals surface area contributed by atoms with E-state index in [1.807, 2.05) is 25.1 Å². The molecule has 0 fully saturated rings. The molecule has 0 aliphatic heterocycles. The van der Waals surface area contributed by atoms with Crippen LogP contribution in [-0.4, -0.2) is 5.91 Å². The van der Waals surface area contributed by atoms with Crippen molar-refractivity contribution in [3.63, 3.8) is 0 Å². The van der Waals surface area contributed by atoms with Gasteiger partial charge in [0.25, 0.3) is 0 Å². The van der Waals surface area contributed by atoms with Crippen LogP contribution >= 0.6 is 0 Å². The highest BCUT2D eigenvalue weighted by Gasteiger charge is 1.92. The molecule has 2 heteroatoms. The molecule has 1 amide bonds. The van der Waals surface area contributed by atoms with E-state index in [0.29, 0.717) is 0 Å². The van der Waals surface area contributed by atoms with Gasteiger partial charge in [-0.2, -0.15) is 0 Å². The molecule has 0 heterocycles. The first-order valence-electron chi connectivity index (χ1n) is 4.14. The Morgan fingerprint density at radius 2 is 2.00 bits per heavy atom. The van der Waals surface area contributed by atoms with Crippen LogP contribution in [0.3, 0.4) is 0 Å². The molecule has 0 unspecified atom stereocenters. The van der Waals surface area contributed by atoms with Gasteiger partial charge in [0, 0.05) is 6.08 Å². The van der Waals surface area contributed by atoms with Crippen molar-refractivity contribution < 1.29 is 4.79 Å². The van der Waals surface area contributed by atoms with Crippen LogP contribution in [0.1, 0.15) is 16.7 Å². The number of hydrogen-bond acceptors (Lipinski definition) is 1. The summed E-state index contributed by atoms with van der Waals surface area (Å²) in [5, 5.41) is 0. The van der Waals surface area contributed by atoms with E-state index in [9.17, 15) is 4.79 Å². The maximum absolute atomic E-state index is 10.5. The molecule has 0 aliphatic carbocycles. The molecule has 1 aromatic rings. The summed E-state index contributed by atoms with van der Waals surface area (Å²) in [5.41, 5.74) is 8.45. The second-order valence-corrected chi connectivity index (χ2v) is 3.08. The van der Waals surface area contributed by atoms with E-state index in [-0.39, 0.29) is 0 Å². The summed E-state index contributed by atoms with van der Waals surface area (Å²) in [6, 6.07) is 6.01.